The van der Waals surface area contributed by atoms with Crippen LogP contribution < -0.4 is 5.73 Å². The maximum atomic E-state index is 11.0. The summed E-state index contributed by atoms with van der Waals surface area (Å²) in [5, 5.41) is 12.0. The number of thiazole rings is 1. The molecule has 1 aromatic heterocycles. The Hall–Kier alpha value is -0.940. The van der Waals surface area contributed by atoms with E-state index in [1.54, 1.807) is 11.3 Å². The first kappa shape index (κ1) is 12.8. The second-order valence-electron chi connectivity index (χ2n) is 7.09. The lowest BCUT2D eigenvalue weighted by Gasteiger charge is -2.56. The monoisotopic (exact) mass is 292 g/mol. The van der Waals surface area contributed by atoms with Gasteiger partial charge in [0, 0.05) is 10.8 Å². The van der Waals surface area contributed by atoms with Crippen molar-refractivity contribution in [2.75, 3.05) is 0 Å². The van der Waals surface area contributed by atoms with E-state index in [1.165, 1.54) is 38.5 Å². The highest BCUT2D eigenvalue weighted by Crippen LogP contribution is 2.61. The Morgan fingerprint density at radius 1 is 1.30 bits per heavy atom. The predicted molar refractivity (Wildman–Crippen MR) is 76.5 cm³/mol. The van der Waals surface area contributed by atoms with Crippen molar-refractivity contribution in [2.45, 2.75) is 50.0 Å². The van der Waals surface area contributed by atoms with Gasteiger partial charge in [-0.3, -0.25) is 4.79 Å². The Labute approximate surface area is 122 Å². The predicted octanol–water partition coefficient (Wildman–Crippen LogP) is 2.70. The van der Waals surface area contributed by atoms with Gasteiger partial charge in [-0.15, -0.1) is 11.3 Å². The van der Waals surface area contributed by atoms with E-state index in [9.17, 15) is 4.79 Å². The molecule has 4 fully saturated rings. The van der Waals surface area contributed by atoms with Crippen LogP contribution >= 0.6 is 11.3 Å². The quantitative estimate of drug-likeness (QED) is 0.898. The Morgan fingerprint density at radius 3 is 2.35 bits per heavy atom. The van der Waals surface area contributed by atoms with Gasteiger partial charge in [0.2, 0.25) is 0 Å². The van der Waals surface area contributed by atoms with Crippen LogP contribution in [0.25, 0.3) is 0 Å². The fourth-order valence-electron chi connectivity index (χ4n) is 5.17. The van der Waals surface area contributed by atoms with Crippen LogP contribution in [-0.2, 0) is 10.2 Å². The van der Waals surface area contributed by atoms with E-state index in [4.69, 9.17) is 10.8 Å². The highest BCUT2D eigenvalue weighted by Gasteiger charge is 2.53. The summed E-state index contributed by atoms with van der Waals surface area (Å²) in [7, 11) is 0. The number of hydrogen-bond donors (Lipinski definition) is 2. The molecule has 1 heterocycles. The molecular formula is C15H20N2O2S. The summed E-state index contributed by atoms with van der Waals surface area (Å²) in [5.41, 5.74) is 6.47. The SMILES string of the molecule is NC(C(=O)O)c1csc(C23CC4CC(CC(C4)C2)C3)n1. The van der Waals surface area contributed by atoms with E-state index in [0.29, 0.717) is 5.69 Å². The summed E-state index contributed by atoms with van der Waals surface area (Å²) in [5.74, 6) is 1.64. The first-order valence-corrected chi connectivity index (χ1v) is 8.38. The molecule has 108 valence electrons. The second-order valence-corrected chi connectivity index (χ2v) is 7.95. The van der Waals surface area contributed by atoms with Gasteiger partial charge >= 0.3 is 5.97 Å². The number of nitrogens with two attached hydrogens (primary N) is 1. The fourth-order valence-corrected chi connectivity index (χ4v) is 6.26. The van der Waals surface area contributed by atoms with Crippen molar-refractivity contribution in [1.29, 1.82) is 0 Å². The van der Waals surface area contributed by atoms with Crippen LogP contribution in [0.5, 0.6) is 0 Å². The van der Waals surface area contributed by atoms with E-state index in [1.807, 2.05) is 5.38 Å². The number of rotatable bonds is 3. The molecule has 5 heteroatoms. The van der Waals surface area contributed by atoms with E-state index in [2.05, 4.69) is 4.98 Å². The molecule has 0 spiro atoms. The molecule has 20 heavy (non-hydrogen) atoms. The van der Waals surface area contributed by atoms with Crippen LogP contribution in [-0.4, -0.2) is 16.1 Å². The first-order chi connectivity index (χ1) is 9.56. The Bertz CT molecular complexity index is 519. The first-order valence-electron chi connectivity index (χ1n) is 7.50. The molecule has 0 amide bonds. The van der Waals surface area contributed by atoms with Gasteiger partial charge in [-0.05, 0) is 56.3 Å². The normalized spacial score (nSPS) is 40.0. The molecule has 4 aliphatic rings. The van der Waals surface area contributed by atoms with Gasteiger partial charge < -0.3 is 10.8 Å². The molecular weight excluding hydrogens is 272 g/mol. The summed E-state index contributed by atoms with van der Waals surface area (Å²) in [6, 6.07) is -0.978. The molecule has 5 rings (SSSR count). The molecule has 1 unspecified atom stereocenters. The Morgan fingerprint density at radius 2 is 1.85 bits per heavy atom. The average molecular weight is 292 g/mol. The molecule has 4 nitrogen and oxygen atoms in total. The number of aliphatic carboxylic acids is 1. The molecule has 3 N–H and O–H groups in total. The molecule has 0 aromatic carbocycles. The van der Waals surface area contributed by atoms with Crippen molar-refractivity contribution in [3.63, 3.8) is 0 Å². The number of carboxylic acids is 1. The summed E-state index contributed by atoms with van der Waals surface area (Å²) < 4.78 is 0. The Kier molecular flexibility index (Phi) is 2.73. The topological polar surface area (TPSA) is 76.2 Å². The zero-order valence-corrected chi connectivity index (χ0v) is 12.2. The number of carboxylic acid groups (broad SMARTS) is 1. The van der Waals surface area contributed by atoms with E-state index >= 15 is 0 Å². The van der Waals surface area contributed by atoms with Gasteiger partial charge in [-0.2, -0.15) is 0 Å². The molecule has 0 aliphatic heterocycles. The average Bonchev–Trinajstić information content (AvgIpc) is 2.86. The van der Waals surface area contributed by atoms with E-state index in [0.717, 1.165) is 22.8 Å². The van der Waals surface area contributed by atoms with Crippen LogP contribution in [0.3, 0.4) is 0 Å². The molecule has 0 saturated heterocycles. The molecule has 4 saturated carbocycles. The van der Waals surface area contributed by atoms with Crippen molar-refractivity contribution in [1.82, 2.24) is 4.98 Å². The van der Waals surface area contributed by atoms with Crippen LogP contribution in [0.1, 0.15) is 55.3 Å². The minimum atomic E-state index is -0.993. The summed E-state index contributed by atoms with van der Waals surface area (Å²) in [6.07, 6.45) is 8.00. The summed E-state index contributed by atoms with van der Waals surface area (Å²) >= 11 is 1.63. The smallest absolute Gasteiger partial charge is 0.326 e. The number of carbonyl (C=O) groups is 1. The highest BCUT2D eigenvalue weighted by atomic mass is 32.1. The summed E-state index contributed by atoms with van der Waals surface area (Å²) in [6.45, 7) is 0. The lowest BCUT2D eigenvalue weighted by Crippen LogP contribution is -2.48. The van der Waals surface area contributed by atoms with Crippen LogP contribution in [0.15, 0.2) is 5.38 Å². The fraction of sp³-hybridized carbons (Fsp3) is 0.733. The maximum absolute atomic E-state index is 11.0. The molecule has 4 bridgehead atoms. The van der Waals surface area contributed by atoms with Crippen molar-refractivity contribution >= 4 is 17.3 Å². The largest absolute Gasteiger partial charge is 0.480 e. The van der Waals surface area contributed by atoms with Crippen LogP contribution in [0, 0.1) is 17.8 Å². The van der Waals surface area contributed by atoms with Crippen molar-refractivity contribution in [2.24, 2.45) is 23.5 Å². The molecule has 4 aliphatic carbocycles. The third-order valence-electron chi connectivity index (χ3n) is 5.60. The van der Waals surface area contributed by atoms with Gasteiger partial charge in [0.25, 0.3) is 0 Å². The van der Waals surface area contributed by atoms with Gasteiger partial charge in [-0.25, -0.2) is 4.98 Å². The standard InChI is InChI=1S/C15H20N2O2S/c16-12(13(18)19)11-7-20-14(17-11)15-4-8-1-9(5-15)3-10(2-8)6-15/h7-10,12H,1-6,16H2,(H,18,19). The number of hydrogen-bond acceptors (Lipinski definition) is 4. The van der Waals surface area contributed by atoms with E-state index in [-0.39, 0.29) is 5.41 Å². The van der Waals surface area contributed by atoms with Gasteiger partial charge in [0.1, 0.15) is 6.04 Å². The van der Waals surface area contributed by atoms with Gasteiger partial charge in [-0.1, -0.05) is 0 Å². The van der Waals surface area contributed by atoms with Crippen molar-refractivity contribution < 1.29 is 9.90 Å². The minimum Gasteiger partial charge on any atom is -0.480 e. The third kappa shape index (κ3) is 1.83. The van der Waals surface area contributed by atoms with Crippen LogP contribution in [0.4, 0.5) is 0 Å². The third-order valence-corrected chi connectivity index (χ3v) is 6.71. The zero-order chi connectivity index (χ0) is 13.9. The minimum absolute atomic E-state index is 0.246. The second kappa shape index (κ2) is 4.28. The van der Waals surface area contributed by atoms with Crippen molar-refractivity contribution in [3.05, 3.63) is 16.1 Å². The molecule has 1 aromatic rings. The number of nitrogens with zero attached hydrogens (tertiary/aromatic N) is 1. The van der Waals surface area contributed by atoms with Gasteiger partial charge in [0.05, 0.1) is 10.7 Å². The highest BCUT2D eigenvalue weighted by molar-refractivity contribution is 7.09. The molecule has 0 radical (unpaired) electrons. The Balaban J connectivity index is 1.66. The van der Waals surface area contributed by atoms with Crippen LogP contribution in [0.2, 0.25) is 0 Å². The van der Waals surface area contributed by atoms with Crippen molar-refractivity contribution in [3.8, 4) is 0 Å². The lowest BCUT2D eigenvalue weighted by atomic mass is 9.50. The number of aromatic nitrogens is 1. The zero-order valence-electron chi connectivity index (χ0n) is 11.4. The summed E-state index contributed by atoms with van der Waals surface area (Å²) in [4.78, 5) is 15.6. The van der Waals surface area contributed by atoms with Gasteiger partial charge in [0.15, 0.2) is 0 Å². The van der Waals surface area contributed by atoms with E-state index < -0.39 is 12.0 Å². The molecule has 1 atom stereocenters. The maximum Gasteiger partial charge on any atom is 0.326 e. The lowest BCUT2D eigenvalue weighted by molar-refractivity contribution is -0.138.